The largest absolute Gasteiger partial charge is 0.455 e. The van der Waals surface area contributed by atoms with Crippen LogP contribution in [-0.2, 0) is 23.7 Å². The predicted molar refractivity (Wildman–Crippen MR) is 99.1 cm³/mol. The maximum atomic E-state index is 12.8. The molecule has 0 saturated carbocycles. The Morgan fingerprint density at radius 1 is 1.15 bits per heavy atom. The smallest absolute Gasteiger partial charge is 0.410 e. The van der Waals surface area contributed by atoms with Crippen molar-refractivity contribution in [3.05, 3.63) is 35.4 Å². The predicted octanol–water partition coefficient (Wildman–Crippen LogP) is 3.59. The molecule has 1 aliphatic rings. The van der Waals surface area contributed by atoms with Crippen molar-refractivity contribution in [2.75, 3.05) is 20.4 Å². The summed E-state index contributed by atoms with van der Waals surface area (Å²) in [6.07, 6.45) is -1.67. The van der Waals surface area contributed by atoms with E-state index in [2.05, 4.69) is 0 Å². The topological polar surface area (TPSA) is 74.3 Å². The molecular formula is C20H29NO6. The summed E-state index contributed by atoms with van der Waals surface area (Å²) in [7, 11) is 1.52. The number of esters is 1. The molecule has 1 amide bonds. The molecular weight excluding hydrogens is 350 g/mol. The van der Waals surface area contributed by atoms with Crippen LogP contribution in [0.25, 0.3) is 0 Å². The van der Waals surface area contributed by atoms with Crippen molar-refractivity contribution in [3.8, 4) is 0 Å². The van der Waals surface area contributed by atoms with Gasteiger partial charge in [-0.25, -0.2) is 4.79 Å². The van der Waals surface area contributed by atoms with Gasteiger partial charge in [-0.2, -0.15) is 0 Å². The van der Waals surface area contributed by atoms with Gasteiger partial charge in [0.2, 0.25) is 0 Å². The summed E-state index contributed by atoms with van der Waals surface area (Å²) in [4.78, 5) is 26.1. The minimum absolute atomic E-state index is 0.0127. The highest BCUT2D eigenvalue weighted by molar-refractivity contribution is 5.70. The van der Waals surface area contributed by atoms with Crippen molar-refractivity contribution >= 4 is 12.1 Å². The van der Waals surface area contributed by atoms with Crippen molar-refractivity contribution in [3.63, 3.8) is 0 Å². The minimum atomic E-state index is -0.629. The Labute approximate surface area is 160 Å². The molecule has 0 spiro atoms. The van der Waals surface area contributed by atoms with Gasteiger partial charge >= 0.3 is 12.1 Å². The van der Waals surface area contributed by atoms with Crippen LogP contribution in [0.5, 0.6) is 0 Å². The molecule has 0 N–H and O–H groups in total. The van der Waals surface area contributed by atoms with E-state index in [1.165, 1.54) is 14.0 Å². The quantitative estimate of drug-likeness (QED) is 0.555. The summed E-state index contributed by atoms with van der Waals surface area (Å²) in [5.41, 5.74) is 1.07. The van der Waals surface area contributed by atoms with Crippen molar-refractivity contribution < 1.29 is 28.5 Å². The third-order valence-electron chi connectivity index (χ3n) is 4.21. The number of likely N-dealkylation sites (N-methyl/N-ethyl adjacent to an activating group) is 1. The summed E-state index contributed by atoms with van der Waals surface area (Å²) >= 11 is 0. The van der Waals surface area contributed by atoms with Crippen molar-refractivity contribution in [1.82, 2.24) is 4.90 Å². The van der Waals surface area contributed by atoms with Crippen LogP contribution >= 0.6 is 0 Å². The lowest BCUT2D eigenvalue weighted by Gasteiger charge is -2.35. The van der Waals surface area contributed by atoms with Crippen LogP contribution in [-0.4, -0.2) is 49.1 Å². The van der Waals surface area contributed by atoms with Gasteiger partial charge in [-0.15, -0.1) is 0 Å². The fourth-order valence-corrected chi connectivity index (χ4v) is 3.30. The van der Waals surface area contributed by atoms with Gasteiger partial charge < -0.3 is 18.9 Å². The molecule has 3 atom stereocenters. The average molecular weight is 379 g/mol. The number of benzene rings is 1. The lowest BCUT2D eigenvalue weighted by Crippen LogP contribution is -2.43. The fraction of sp³-hybridized carbons (Fsp3) is 0.600. The molecule has 27 heavy (non-hydrogen) atoms. The molecule has 0 radical (unpaired) electrons. The Bertz CT molecular complexity index is 669. The van der Waals surface area contributed by atoms with Crippen molar-refractivity contribution in [2.24, 2.45) is 0 Å². The number of nitrogens with zero attached hydrogens (tertiary/aromatic N) is 1. The van der Waals surface area contributed by atoms with Crippen LogP contribution in [0.1, 0.15) is 57.9 Å². The normalized spacial score (nSPS) is 21.5. The number of carbonyl (C=O) groups excluding carboxylic acids is 2. The number of carbonyl (C=O) groups is 2. The number of amides is 1. The van der Waals surface area contributed by atoms with E-state index in [0.717, 1.165) is 11.1 Å². The minimum Gasteiger partial charge on any atom is -0.455 e. The standard InChI is InChI=1S/C20H29NO6/c1-7-21(19(23)27-20(3,4)5)16-14-10-8-9-11-15(14)17(26-13(2)22)18(16)25-12-24-6/h8-11,16-18H,7,12H2,1-6H3/t16-,17+,18+/m1/s1. The molecule has 0 aromatic heterocycles. The number of rotatable bonds is 6. The SMILES string of the molecule is CCN(C(=O)OC(C)(C)C)[C@@H]1c2ccccc2[C@H](OC(C)=O)[C@H]1OCOC. The molecule has 1 aromatic rings. The van der Waals surface area contributed by atoms with Crippen molar-refractivity contribution in [1.29, 1.82) is 0 Å². The maximum Gasteiger partial charge on any atom is 0.410 e. The van der Waals surface area contributed by atoms with Gasteiger partial charge in [0.15, 0.2) is 6.10 Å². The first-order chi connectivity index (χ1) is 12.7. The van der Waals surface area contributed by atoms with Crippen LogP contribution in [0.2, 0.25) is 0 Å². The van der Waals surface area contributed by atoms with Gasteiger partial charge in [0.25, 0.3) is 0 Å². The number of ether oxygens (including phenoxy) is 4. The van der Waals surface area contributed by atoms with E-state index in [1.807, 2.05) is 52.0 Å². The molecule has 2 rings (SSSR count). The third kappa shape index (κ3) is 4.99. The van der Waals surface area contributed by atoms with E-state index in [-0.39, 0.29) is 6.79 Å². The molecule has 1 aliphatic carbocycles. The van der Waals surface area contributed by atoms with E-state index in [1.54, 1.807) is 4.90 Å². The molecule has 7 heteroatoms. The van der Waals surface area contributed by atoms with Crippen LogP contribution < -0.4 is 0 Å². The molecule has 150 valence electrons. The molecule has 0 aliphatic heterocycles. The summed E-state index contributed by atoms with van der Waals surface area (Å²) in [5.74, 6) is -0.415. The number of methoxy groups -OCH3 is 1. The van der Waals surface area contributed by atoms with Gasteiger partial charge in [0.05, 0.1) is 6.04 Å². The molecule has 0 fully saturated rings. The first-order valence-corrected chi connectivity index (χ1v) is 9.05. The Morgan fingerprint density at radius 2 is 1.78 bits per heavy atom. The zero-order chi connectivity index (χ0) is 20.2. The first-order valence-electron chi connectivity index (χ1n) is 9.05. The van der Waals surface area contributed by atoms with Gasteiger partial charge in [-0.05, 0) is 33.3 Å². The van der Waals surface area contributed by atoms with Gasteiger partial charge in [-0.3, -0.25) is 9.69 Å². The zero-order valence-electron chi connectivity index (χ0n) is 16.9. The van der Waals surface area contributed by atoms with Crippen LogP contribution in [0.3, 0.4) is 0 Å². The van der Waals surface area contributed by atoms with Gasteiger partial charge in [0, 0.05) is 26.1 Å². The van der Waals surface area contributed by atoms with Crippen molar-refractivity contribution in [2.45, 2.75) is 58.5 Å². The van der Waals surface area contributed by atoms with Crippen LogP contribution in [0, 0.1) is 0 Å². The highest BCUT2D eigenvalue weighted by Crippen LogP contribution is 2.46. The molecule has 0 heterocycles. The van der Waals surface area contributed by atoms with E-state index in [9.17, 15) is 9.59 Å². The second-order valence-corrected chi connectivity index (χ2v) is 7.41. The van der Waals surface area contributed by atoms with Crippen LogP contribution in [0.4, 0.5) is 4.79 Å². The van der Waals surface area contributed by atoms with E-state index in [0.29, 0.717) is 6.54 Å². The number of fused-ring (bicyclic) bond motifs is 1. The molecule has 0 bridgehead atoms. The first kappa shape index (κ1) is 21.2. The van der Waals surface area contributed by atoms with E-state index in [4.69, 9.17) is 18.9 Å². The lowest BCUT2D eigenvalue weighted by molar-refractivity contribution is -0.168. The summed E-state index contributed by atoms with van der Waals surface area (Å²) in [6, 6.07) is 7.10. The van der Waals surface area contributed by atoms with Gasteiger partial charge in [0.1, 0.15) is 18.5 Å². The third-order valence-corrected chi connectivity index (χ3v) is 4.21. The monoisotopic (exact) mass is 379 g/mol. The number of hydrogen-bond acceptors (Lipinski definition) is 6. The van der Waals surface area contributed by atoms with E-state index < -0.39 is 35.9 Å². The van der Waals surface area contributed by atoms with E-state index >= 15 is 0 Å². The Hall–Kier alpha value is -2.12. The highest BCUT2D eigenvalue weighted by Gasteiger charge is 2.48. The summed E-state index contributed by atoms with van der Waals surface area (Å²) < 4.78 is 22.1. The second kappa shape index (κ2) is 8.71. The zero-order valence-corrected chi connectivity index (χ0v) is 16.9. The molecule has 0 unspecified atom stereocenters. The fourth-order valence-electron chi connectivity index (χ4n) is 3.30. The second-order valence-electron chi connectivity index (χ2n) is 7.41. The Morgan fingerprint density at radius 3 is 2.30 bits per heavy atom. The molecule has 1 aromatic carbocycles. The highest BCUT2D eigenvalue weighted by atomic mass is 16.7. The maximum absolute atomic E-state index is 12.8. The Balaban J connectivity index is 2.45. The van der Waals surface area contributed by atoms with Crippen LogP contribution in [0.15, 0.2) is 24.3 Å². The molecule has 0 saturated heterocycles. The summed E-state index contributed by atoms with van der Waals surface area (Å²) in [6.45, 7) is 9.12. The Kier molecular flexibility index (Phi) is 6.84. The lowest BCUT2D eigenvalue weighted by atomic mass is 10.1. The average Bonchev–Trinajstić information content (AvgIpc) is 2.86. The number of hydrogen-bond donors (Lipinski definition) is 0. The molecule has 7 nitrogen and oxygen atoms in total. The summed E-state index contributed by atoms with van der Waals surface area (Å²) in [5, 5.41) is 0. The van der Waals surface area contributed by atoms with Gasteiger partial charge in [-0.1, -0.05) is 24.3 Å².